The highest BCUT2D eigenvalue weighted by Crippen LogP contribution is 2.19. The Bertz CT molecular complexity index is 343. The third kappa shape index (κ3) is 4.77. The molecule has 0 aromatic carbocycles. The van der Waals surface area contributed by atoms with Gasteiger partial charge < -0.3 is 15.3 Å². The molecule has 0 saturated carbocycles. The Morgan fingerprint density at radius 1 is 1.53 bits per heavy atom. The molecule has 0 spiro atoms. The lowest BCUT2D eigenvalue weighted by atomic mass is 9.95. The molecule has 1 atom stereocenters. The van der Waals surface area contributed by atoms with Crippen LogP contribution in [-0.2, 0) is 4.79 Å². The number of carboxylic acid groups (broad SMARTS) is 1. The van der Waals surface area contributed by atoms with Crippen LogP contribution in [0.2, 0.25) is 0 Å². The number of nitrogens with zero attached hydrogens (tertiary/aromatic N) is 1. The topological polar surface area (TPSA) is 69.6 Å². The van der Waals surface area contributed by atoms with Gasteiger partial charge in [-0.25, -0.2) is 4.79 Å². The Kier molecular flexibility index (Phi) is 5.34. The van der Waals surface area contributed by atoms with Gasteiger partial charge in [-0.3, -0.25) is 4.79 Å². The third-order valence-corrected chi connectivity index (χ3v) is 2.77. The van der Waals surface area contributed by atoms with Gasteiger partial charge in [0.1, 0.15) is 0 Å². The van der Waals surface area contributed by atoms with Crippen molar-refractivity contribution in [3.63, 3.8) is 0 Å². The van der Waals surface area contributed by atoms with E-state index in [0.29, 0.717) is 19.6 Å². The molecule has 0 bridgehead atoms. The molecule has 1 saturated heterocycles. The summed E-state index contributed by atoms with van der Waals surface area (Å²) in [6.07, 6.45) is 1.88. The summed E-state index contributed by atoms with van der Waals surface area (Å²) in [5.74, 6) is 4.74. The van der Waals surface area contributed by atoms with E-state index in [0.717, 1.165) is 12.8 Å². The van der Waals surface area contributed by atoms with E-state index < -0.39 is 5.97 Å². The summed E-state index contributed by atoms with van der Waals surface area (Å²) < 4.78 is 0. The Balaban J connectivity index is 2.39. The van der Waals surface area contributed by atoms with E-state index in [2.05, 4.69) is 17.2 Å². The first-order valence-electron chi connectivity index (χ1n) is 5.77. The van der Waals surface area contributed by atoms with Crippen molar-refractivity contribution in [1.29, 1.82) is 0 Å². The number of urea groups is 1. The van der Waals surface area contributed by atoms with E-state index in [9.17, 15) is 9.59 Å². The second-order valence-electron chi connectivity index (χ2n) is 4.14. The molecular weight excluding hydrogens is 220 g/mol. The summed E-state index contributed by atoms with van der Waals surface area (Å²) in [4.78, 5) is 24.0. The molecule has 17 heavy (non-hydrogen) atoms. The fourth-order valence-corrected chi connectivity index (χ4v) is 1.98. The van der Waals surface area contributed by atoms with Crippen molar-refractivity contribution in [2.45, 2.75) is 26.2 Å². The second-order valence-corrected chi connectivity index (χ2v) is 4.14. The molecule has 1 aliphatic heterocycles. The first-order chi connectivity index (χ1) is 8.13. The van der Waals surface area contributed by atoms with Crippen LogP contribution in [0.5, 0.6) is 0 Å². The van der Waals surface area contributed by atoms with Crippen LogP contribution in [0.25, 0.3) is 0 Å². The number of hydrogen-bond acceptors (Lipinski definition) is 2. The standard InChI is InChI=1S/C12H18N2O3/c1-2-3-6-13-12(17)14-7-4-5-10(9-14)8-11(15)16/h10H,4-9H2,1H3,(H,13,17)(H,15,16). The molecule has 1 rings (SSSR count). The SMILES string of the molecule is CC#CCNC(=O)N1CCCC(CC(=O)O)C1. The van der Waals surface area contributed by atoms with E-state index in [1.165, 1.54) is 0 Å². The van der Waals surface area contributed by atoms with Crippen molar-refractivity contribution in [2.24, 2.45) is 5.92 Å². The van der Waals surface area contributed by atoms with E-state index in [4.69, 9.17) is 5.11 Å². The molecule has 1 unspecified atom stereocenters. The van der Waals surface area contributed by atoms with Crippen molar-refractivity contribution < 1.29 is 14.7 Å². The van der Waals surface area contributed by atoms with Gasteiger partial charge in [-0.1, -0.05) is 5.92 Å². The number of aliphatic carboxylic acids is 1. The molecule has 1 fully saturated rings. The van der Waals surface area contributed by atoms with E-state index in [1.807, 2.05) is 0 Å². The van der Waals surface area contributed by atoms with Crippen LogP contribution in [-0.4, -0.2) is 41.6 Å². The fraction of sp³-hybridized carbons (Fsp3) is 0.667. The van der Waals surface area contributed by atoms with Crippen molar-refractivity contribution in [2.75, 3.05) is 19.6 Å². The number of carbonyl (C=O) groups is 2. The van der Waals surface area contributed by atoms with Gasteiger partial charge in [-0.15, -0.1) is 5.92 Å². The highest BCUT2D eigenvalue weighted by Gasteiger charge is 2.24. The normalized spacial score (nSPS) is 19.1. The van der Waals surface area contributed by atoms with E-state index in [-0.39, 0.29) is 18.4 Å². The first kappa shape index (κ1) is 13.4. The van der Waals surface area contributed by atoms with Gasteiger partial charge in [0.05, 0.1) is 6.54 Å². The molecule has 1 aliphatic rings. The quantitative estimate of drug-likeness (QED) is 0.718. The maximum absolute atomic E-state index is 11.7. The first-order valence-corrected chi connectivity index (χ1v) is 5.77. The Morgan fingerprint density at radius 2 is 2.29 bits per heavy atom. The van der Waals surface area contributed by atoms with Crippen molar-refractivity contribution in [1.82, 2.24) is 10.2 Å². The Labute approximate surface area is 101 Å². The third-order valence-electron chi connectivity index (χ3n) is 2.77. The van der Waals surface area contributed by atoms with Crippen LogP contribution >= 0.6 is 0 Å². The zero-order valence-electron chi connectivity index (χ0n) is 10.0. The second kappa shape index (κ2) is 6.79. The summed E-state index contributed by atoms with van der Waals surface area (Å²) in [5, 5.41) is 11.4. The lowest BCUT2D eigenvalue weighted by Gasteiger charge is -2.31. The van der Waals surface area contributed by atoms with E-state index >= 15 is 0 Å². The molecule has 1 heterocycles. The van der Waals surface area contributed by atoms with Crippen LogP contribution in [0.4, 0.5) is 4.79 Å². The summed E-state index contributed by atoms with van der Waals surface area (Å²) in [5.41, 5.74) is 0. The number of hydrogen-bond donors (Lipinski definition) is 2. The van der Waals surface area contributed by atoms with Crippen molar-refractivity contribution in [3.8, 4) is 11.8 Å². The van der Waals surface area contributed by atoms with Gasteiger partial charge >= 0.3 is 12.0 Å². The van der Waals surface area contributed by atoms with Gasteiger partial charge in [0.2, 0.25) is 0 Å². The van der Waals surface area contributed by atoms with Crippen LogP contribution in [0.3, 0.4) is 0 Å². The summed E-state index contributed by atoms with van der Waals surface area (Å²) in [6.45, 7) is 3.28. The fourth-order valence-electron chi connectivity index (χ4n) is 1.98. The molecule has 5 heteroatoms. The maximum atomic E-state index is 11.7. The highest BCUT2D eigenvalue weighted by atomic mass is 16.4. The van der Waals surface area contributed by atoms with Crippen LogP contribution < -0.4 is 5.32 Å². The Hall–Kier alpha value is -1.70. The summed E-state index contributed by atoms with van der Waals surface area (Å²) in [7, 11) is 0. The average molecular weight is 238 g/mol. The minimum atomic E-state index is -0.797. The lowest BCUT2D eigenvalue weighted by molar-refractivity contribution is -0.138. The van der Waals surface area contributed by atoms with Gasteiger partial charge in [-0.05, 0) is 25.7 Å². The largest absolute Gasteiger partial charge is 0.481 e. The Morgan fingerprint density at radius 3 is 2.94 bits per heavy atom. The van der Waals surface area contributed by atoms with Gasteiger partial charge in [0.15, 0.2) is 0 Å². The summed E-state index contributed by atoms with van der Waals surface area (Å²) in [6, 6.07) is -0.150. The maximum Gasteiger partial charge on any atom is 0.318 e. The summed E-state index contributed by atoms with van der Waals surface area (Å²) >= 11 is 0. The van der Waals surface area contributed by atoms with Crippen LogP contribution in [0.1, 0.15) is 26.2 Å². The smallest absolute Gasteiger partial charge is 0.318 e. The highest BCUT2D eigenvalue weighted by molar-refractivity contribution is 5.74. The zero-order valence-corrected chi connectivity index (χ0v) is 10.0. The van der Waals surface area contributed by atoms with E-state index in [1.54, 1.807) is 11.8 Å². The number of nitrogens with one attached hydrogen (secondary N) is 1. The molecule has 0 radical (unpaired) electrons. The number of rotatable bonds is 3. The molecule has 0 aromatic heterocycles. The van der Waals surface area contributed by atoms with Crippen LogP contribution in [0, 0.1) is 17.8 Å². The molecule has 94 valence electrons. The number of carbonyl (C=O) groups excluding carboxylic acids is 1. The molecular formula is C12H18N2O3. The monoisotopic (exact) mass is 238 g/mol. The van der Waals surface area contributed by atoms with Crippen molar-refractivity contribution >= 4 is 12.0 Å². The molecule has 2 N–H and O–H groups in total. The molecule has 0 aromatic rings. The zero-order chi connectivity index (χ0) is 12.7. The lowest BCUT2D eigenvalue weighted by Crippen LogP contribution is -2.45. The van der Waals surface area contributed by atoms with Crippen LogP contribution in [0.15, 0.2) is 0 Å². The minimum Gasteiger partial charge on any atom is -0.481 e. The van der Waals surface area contributed by atoms with Gasteiger partial charge in [0, 0.05) is 19.5 Å². The van der Waals surface area contributed by atoms with Gasteiger partial charge in [-0.2, -0.15) is 0 Å². The predicted octanol–water partition coefficient (Wildman–Crippen LogP) is 0.906. The number of piperidine rings is 1. The predicted molar refractivity (Wildman–Crippen MR) is 63.4 cm³/mol. The number of carboxylic acids is 1. The molecule has 0 aliphatic carbocycles. The number of likely N-dealkylation sites (tertiary alicyclic amines) is 1. The molecule has 5 nitrogen and oxygen atoms in total. The number of amides is 2. The van der Waals surface area contributed by atoms with Gasteiger partial charge in [0.25, 0.3) is 0 Å². The average Bonchev–Trinajstić information content (AvgIpc) is 2.28. The molecule has 2 amide bonds. The minimum absolute atomic E-state index is 0.0734. The van der Waals surface area contributed by atoms with Crippen molar-refractivity contribution in [3.05, 3.63) is 0 Å².